The second kappa shape index (κ2) is 4.47. The molecule has 1 aromatic carbocycles. The Hall–Kier alpha value is -1.38. The maximum Gasteiger partial charge on any atom is 0.0456 e. The summed E-state index contributed by atoms with van der Waals surface area (Å²) in [7, 11) is 0. The quantitative estimate of drug-likeness (QED) is 0.572. The van der Waals surface area contributed by atoms with Crippen LogP contribution in [0.15, 0.2) is 41.8 Å². The summed E-state index contributed by atoms with van der Waals surface area (Å²) in [5, 5.41) is 2.15. The molecule has 0 radical (unpaired) electrons. The highest BCUT2D eigenvalue weighted by Gasteiger charge is 1.99. The largest absolute Gasteiger partial charge is 0.143 e. The maximum absolute atomic E-state index is 2.26. The van der Waals surface area contributed by atoms with Gasteiger partial charge >= 0.3 is 0 Å². The maximum atomic E-state index is 2.26. The molecule has 0 saturated heterocycles. The lowest BCUT2D eigenvalue weighted by molar-refractivity contribution is 1.46. The van der Waals surface area contributed by atoms with Gasteiger partial charge in [-0.1, -0.05) is 35.9 Å². The molecule has 3 rings (SSSR count). The van der Waals surface area contributed by atoms with Crippen molar-refractivity contribution in [2.24, 2.45) is 0 Å². The fourth-order valence-electron chi connectivity index (χ4n) is 1.72. The van der Waals surface area contributed by atoms with Crippen molar-refractivity contribution in [3.63, 3.8) is 0 Å². The molecule has 0 bridgehead atoms. The van der Waals surface area contributed by atoms with Crippen LogP contribution in [0.2, 0.25) is 0 Å². The van der Waals surface area contributed by atoms with Crippen LogP contribution in [0, 0.1) is 6.92 Å². The molecule has 0 unspecified atom stereocenters. The summed E-state index contributed by atoms with van der Waals surface area (Å²) in [6, 6.07) is 13.0. The first-order valence-electron chi connectivity index (χ1n) is 5.53. The van der Waals surface area contributed by atoms with Crippen LogP contribution in [0.5, 0.6) is 0 Å². The van der Waals surface area contributed by atoms with Crippen LogP contribution in [-0.4, -0.2) is 0 Å². The molecular weight excluding hydrogens is 244 g/mol. The predicted octanol–water partition coefficient (Wildman–Crippen LogP) is 5.44. The summed E-state index contributed by atoms with van der Waals surface area (Å²) in [5.74, 6) is 0. The molecule has 0 spiro atoms. The summed E-state index contributed by atoms with van der Waals surface area (Å²) in [6.45, 7) is 2.11. The normalized spacial score (nSPS) is 11.6. The van der Waals surface area contributed by atoms with Crippen LogP contribution in [0.3, 0.4) is 0 Å². The second-order valence-corrected chi connectivity index (χ2v) is 6.10. The SMILES string of the molecule is Cc1ccc(/C=C/c2cc3sccc3s2)cc1. The zero-order chi connectivity index (χ0) is 11.7. The van der Waals surface area contributed by atoms with Crippen LogP contribution in [0.4, 0.5) is 0 Å². The standard InChI is InChI=1S/C15H12S2/c1-11-2-4-12(5-3-11)6-7-13-10-15-14(17-13)8-9-16-15/h2-10H,1H3/b7-6+. The van der Waals surface area contributed by atoms with Crippen molar-refractivity contribution in [3.8, 4) is 0 Å². The lowest BCUT2D eigenvalue weighted by atomic mass is 10.1. The van der Waals surface area contributed by atoms with Gasteiger partial charge in [0.2, 0.25) is 0 Å². The number of thiophene rings is 2. The van der Waals surface area contributed by atoms with Gasteiger partial charge in [0, 0.05) is 14.3 Å². The molecule has 0 aliphatic heterocycles. The van der Waals surface area contributed by atoms with E-state index in [1.54, 1.807) is 0 Å². The third-order valence-corrected chi connectivity index (χ3v) is 4.73. The van der Waals surface area contributed by atoms with Crippen LogP contribution in [0.1, 0.15) is 16.0 Å². The van der Waals surface area contributed by atoms with E-state index in [-0.39, 0.29) is 0 Å². The van der Waals surface area contributed by atoms with Crippen LogP contribution in [0.25, 0.3) is 21.6 Å². The number of fused-ring (bicyclic) bond motifs is 1. The molecule has 17 heavy (non-hydrogen) atoms. The van der Waals surface area contributed by atoms with Crippen LogP contribution >= 0.6 is 22.7 Å². The molecule has 0 aliphatic rings. The fraction of sp³-hybridized carbons (Fsp3) is 0.0667. The van der Waals surface area contributed by atoms with Crippen molar-refractivity contribution < 1.29 is 0 Å². The van der Waals surface area contributed by atoms with E-state index in [0.717, 1.165) is 0 Å². The van der Waals surface area contributed by atoms with Crippen molar-refractivity contribution in [2.75, 3.05) is 0 Å². The zero-order valence-electron chi connectivity index (χ0n) is 9.51. The van der Waals surface area contributed by atoms with Gasteiger partial charge in [-0.3, -0.25) is 0 Å². The average Bonchev–Trinajstić information content (AvgIpc) is 2.88. The minimum atomic E-state index is 1.26. The highest BCUT2D eigenvalue weighted by atomic mass is 32.1. The van der Waals surface area contributed by atoms with E-state index in [9.17, 15) is 0 Å². The van der Waals surface area contributed by atoms with E-state index >= 15 is 0 Å². The Morgan fingerprint density at radius 3 is 2.53 bits per heavy atom. The molecule has 0 saturated carbocycles. The van der Waals surface area contributed by atoms with E-state index in [1.807, 2.05) is 22.7 Å². The number of hydrogen-bond donors (Lipinski definition) is 0. The summed E-state index contributed by atoms with van der Waals surface area (Å²) >= 11 is 3.66. The van der Waals surface area contributed by atoms with Crippen molar-refractivity contribution in [1.82, 2.24) is 0 Å². The van der Waals surface area contributed by atoms with Crippen LogP contribution in [-0.2, 0) is 0 Å². The third-order valence-electron chi connectivity index (χ3n) is 2.68. The molecule has 2 aromatic heterocycles. The van der Waals surface area contributed by atoms with Crippen molar-refractivity contribution in [2.45, 2.75) is 6.92 Å². The number of rotatable bonds is 2. The monoisotopic (exact) mass is 256 g/mol. The summed E-state index contributed by atoms with van der Waals surface area (Å²) in [6.07, 6.45) is 4.37. The molecule has 0 amide bonds. The molecule has 0 nitrogen and oxygen atoms in total. The first-order chi connectivity index (χ1) is 8.31. The molecule has 0 atom stereocenters. The highest BCUT2D eigenvalue weighted by molar-refractivity contribution is 7.27. The Morgan fingerprint density at radius 1 is 0.941 bits per heavy atom. The first kappa shape index (κ1) is 10.8. The highest BCUT2D eigenvalue weighted by Crippen LogP contribution is 2.30. The zero-order valence-corrected chi connectivity index (χ0v) is 11.1. The van der Waals surface area contributed by atoms with E-state index < -0.39 is 0 Å². The van der Waals surface area contributed by atoms with Gasteiger partial charge in [0.25, 0.3) is 0 Å². The van der Waals surface area contributed by atoms with E-state index in [4.69, 9.17) is 0 Å². The van der Waals surface area contributed by atoms with E-state index in [2.05, 4.69) is 60.9 Å². The molecule has 2 heteroatoms. The minimum Gasteiger partial charge on any atom is -0.143 e. The second-order valence-electron chi connectivity index (χ2n) is 4.04. The average molecular weight is 256 g/mol. The summed E-state index contributed by atoms with van der Waals surface area (Å²) in [4.78, 5) is 1.33. The van der Waals surface area contributed by atoms with Crippen molar-refractivity contribution >= 4 is 44.2 Å². The Morgan fingerprint density at radius 2 is 1.76 bits per heavy atom. The Labute approximate surface area is 109 Å². The molecule has 84 valence electrons. The molecule has 0 aliphatic carbocycles. The van der Waals surface area contributed by atoms with Gasteiger partial charge < -0.3 is 0 Å². The molecular formula is C15H12S2. The predicted molar refractivity (Wildman–Crippen MR) is 79.8 cm³/mol. The fourth-order valence-corrected chi connectivity index (χ4v) is 3.74. The molecule has 0 N–H and O–H groups in total. The smallest absolute Gasteiger partial charge is 0.0456 e. The lowest BCUT2D eigenvalue weighted by Crippen LogP contribution is -1.72. The topological polar surface area (TPSA) is 0 Å². The number of benzene rings is 1. The Balaban J connectivity index is 1.86. The lowest BCUT2D eigenvalue weighted by Gasteiger charge is -1.93. The van der Waals surface area contributed by atoms with Gasteiger partial charge in [-0.15, -0.1) is 22.7 Å². The van der Waals surface area contributed by atoms with Crippen molar-refractivity contribution in [3.05, 3.63) is 57.8 Å². The molecule has 3 aromatic rings. The first-order valence-corrected chi connectivity index (χ1v) is 7.23. The Bertz CT molecular complexity index is 625. The van der Waals surface area contributed by atoms with Crippen LogP contribution < -0.4 is 0 Å². The number of aryl methyl sites for hydroxylation is 1. The van der Waals surface area contributed by atoms with E-state index in [1.165, 1.54) is 25.4 Å². The minimum absolute atomic E-state index is 1.26. The van der Waals surface area contributed by atoms with Gasteiger partial charge in [-0.2, -0.15) is 0 Å². The third kappa shape index (κ3) is 2.33. The van der Waals surface area contributed by atoms with E-state index in [0.29, 0.717) is 0 Å². The van der Waals surface area contributed by atoms with Gasteiger partial charge in [-0.25, -0.2) is 0 Å². The van der Waals surface area contributed by atoms with Gasteiger partial charge in [-0.05, 0) is 36.1 Å². The molecule has 2 heterocycles. The number of hydrogen-bond acceptors (Lipinski definition) is 2. The Kier molecular flexibility index (Phi) is 2.83. The van der Waals surface area contributed by atoms with Crippen molar-refractivity contribution in [1.29, 1.82) is 0 Å². The van der Waals surface area contributed by atoms with Gasteiger partial charge in [0.05, 0.1) is 0 Å². The molecule has 0 fully saturated rings. The van der Waals surface area contributed by atoms with Gasteiger partial charge in [0.15, 0.2) is 0 Å². The summed E-state index contributed by atoms with van der Waals surface area (Å²) in [5.41, 5.74) is 2.56. The summed E-state index contributed by atoms with van der Waals surface area (Å²) < 4.78 is 2.78. The van der Waals surface area contributed by atoms with Gasteiger partial charge in [0.1, 0.15) is 0 Å².